The van der Waals surface area contributed by atoms with Gasteiger partial charge in [0.1, 0.15) is 5.75 Å². The molecule has 0 radical (unpaired) electrons. The number of rotatable bonds is 5. The van der Waals surface area contributed by atoms with Crippen molar-refractivity contribution < 1.29 is 9.53 Å². The molecule has 7 nitrogen and oxygen atoms in total. The smallest absolute Gasteiger partial charge is 0.230 e. The van der Waals surface area contributed by atoms with E-state index in [1.165, 1.54) is 4.68 Å². The van der Waals surface area contributed by atoms with Crippen LogP contribution in [-0.2, 0) is 4.79 Å². The molecule has 0 fully saturated rings. The van der Waals surface area contributed by atoms with Gasteiger partial charge < -0.3 is 16.3 Å². The fourth-order valence-corrected chi connectivity index (χ4v) is 2.31. The van der Waals surface area contributed by atoms with Gasteiger partial charge >= 0.3 is 0 Å². The zero-order valence-corrected chi connectivity index (χ0v) is 11.9. The van der Waals surface area contributed by atoms with Crippen LogP contribution < -0.4 is 16.3 Å². The highest BCUT2D eigenvalue weighted by atomic mass is 32.2. The number of methoxy groups -OCH3 is 1. The fraction of sp³-hybridized carbons (Fsp3) is 0.250. The molecule has 0 aliphatic carbocycles. The maximum Gasteiger partial charge on any atom is 0.230 e. The predicted molar refractivity (Wildman–Crippen MR) is 76.7 cm³/mol. The molecular formula is C12H15N5O2S. The van der Waals surface area contributed by atoms with E-state index in [1.807, 2.05) is 24.3 Å². The molecule has 1 aromatic heterocycles. The van der Waals surface area contributed by atoms with Crippen molar-refractivity contribution in [1.82, 2.24) is 14.9 Å². The van der Waals surface area contributed by atoms with Crippen molar-refractivity contribution in [1.29, 1.82) is 0 Å². The number of primary amides is 1. The maximum absolute atomic E-state index is 11.1. The third-order valence-electron chi connectivity index (χ3n) is 2.70. The largest absolute Gasteiger partial charge is 0.496 e. The van der Waals surface area contributed by atoms with Crippen molar-refractivity contribution in [3.05, 3.63) is 24.3 Å². The molecule has 0 aliphatic rings. The number of hydrogen-bond acceptors (Lipinski definition) is 6. The summed E-state index contributed by atoms with van der Waals surface area (Å²) in [6.07, 6.45) is 0. The van der Waals surface area contributed by atoms with Gasteiger partial charge in [0.15, 0.2) is 5.82 Å². The number of hydrogen-bond donors (Lipinski definition) is 2. The number of thioether (sulfide) groups is 1. The van der Waals surface area contributed by atoms with Gasteiger partial charge in [0.25, 0.3) is 0 Å². The number of amides is 1. The lowest BCUT2D eigenvalue weighted by Crippen LogP contribution is -2.23. The maximum atomic E-state index is 11.1. The Kier molecular flexibility index (Phi) is 4.14. The molecule has 106 valence electrons. The molecule has 2 rings (SSSR count). The first kappa shape index (κ1) is 14.2. The summed E-state index contributed by atoms with van der Waals surface area (Å²) in [4.78, 5) is 11.1. The summed E-state index contributed by atoms with van der Waals surface area (Å²) in [5.74, 6) is 6.64. The molecule has 1 aromatic carbocycles. The Bertz CT molecular complexity index is 628. The lowest BCUT2D eigenvalue weighted by Gasteiger charge is -2.09. The number of nitrogens with two attached hydrogens (primary N) is 2. The molecule has 0 bridgehead atoms. The van der Waals surface area contributed by atoms with E-state index in [2.05, 4.69) is 10.2 Å². The number of para-hydroxylation sites is 1. The molecule has 8 heteroatoms. The second-order valence-corrected chi connectivity index (χ2v) is 5.35. The lowest BCUT2D eigenvalue weighted by molar-refractivity contribution is -0.117. The number of carbonyl (C=O) groups is 1. The van der Waals surface area contributed by atoms with E-state index in [-0.39, 0.29) is 0 Å². The van der Waals surface area contributed by atoms with Crippen molar-refractivity contribution in [3.63, 3.8) is 0 Å². The first-order valence-corrected chi connectivity index (χ1v) is 6.72. The monoisotopic (exact) mass is 293 g/mol. The van der Waals surface area contributed by atoms with Gasteiger partial charge in [-0.3, -0.25) is 4.79 Å². The van der Waals surface area contributed by atoms with Crippen molar-refractivity contribution in [2.45, 2.75) is 17.3 Å². The molecule has 2 aromatic rings. The van der Waals surface area contributed by atoms with Gasteiger partial charge in [0.05, 0.1) is 17.9 Å². The minimum absolute atomic E-state index is 0.414. The number of carbonyl (C=O) groups excluding carboxylic acids is 1. The van der Waals surface area contributed by atoms with E-state index in [0.29, 0.717) is 16.7 Å². The molecular weight excluding hydrogens is 278 g/mol. The van der Waals surface area contributed by atoms with Crippen LogP contribution in [0.4, 0.5) is 0 Å². The highest BCUT2D eigenvalue weighted by Gasteiger charge is 2.19. The summed E-state index contributed by atoms with van der Waals surface area (Å²) in [5.41, 5.74) is 5.94. The van der Waals surface area contributed by atoms with Gasteiger partial charge in [-0.2, -0.15) is 0 Å². The quantitative estimate of drug-likeness (QED) is 0.618. The molecule has 1 atom stereocenters. The van der Waals surface area contributed by atoms with E-state index < -0.39 is 11.2 Å². The van der Waals surface area contributed by atoms with Crippen LogP contribution >= 0.6 is 11.8 Å². The summed E-state index contributed by atoms with van der Waals surface area (Å²) in [5, 5.41) is 8.00. The van der Waals surface area contributed by atoms with Crippen molar-refractivity contribution >= 4 is 17.7 Å². The number of nitrogen functional groups attached to an aromatic ring is 1. The third kappa shape index (κ3) is 2.69. The zero-order valence-electron chi connectivity index (χ0n) is 11.1. The van der Waals surface area contributed by atoms with Crippen LogP contribution in [0.25, 0.3) is 11.4 Å². The van der Waals surface area contributed by atoms with E-state index in [9.17, 15) is 4.79 Å². The Morgan fingerprint density at radius 2 is 2.10 bits per heavy atom. The zero-order chi connectivity index (χ0) is 14.7. The van der Waals surface area contributed by atoms with Crippen LogP contribution in [-0.4, -0.2) is 33.1 Å². The standard InChI is InChI=1S/C12H15N5O2S/c1-7(10(13)18)20-12-16-15-11(17(12)14)8-5-3-4-6-9(8)19-2/h3-7H,14H2,1-2H3,(H2,13,18). The van der Waals surface area contributed by atoms with E-state index >= 15 is 0 Å². The lowest BCUT2D eigenvalue weighted by atomic mass is 10.2. The van der Waals surface area contributed by atoms with E-state index in [0.717, 1.165) is 17.3 Å². The summed E-state index contributed by atoms with van der Waals surface area (Å²) < 4.78 is 6.59. The Morgan fingerprint density at radius 1 is 1.40 bits per heavy atom. The number of ether oxygens (including phenoxy) is 1. The van der Waals surface area contributed by atoms with Gasteiger partial charge in [0, 0.05) is 0 Å². The summed E-state index contributed by atoms with van der Waals surface area (Å²) in [6, 6.07) is 7.34. The van der Waals surface area contributed by atoms with Gasteiger partial charge in [-0.1, -0.05) is 23.9 Å². The van der Waals surface area contributed by atoms with E-state index in [1.54, 1.807) is 14.0 Å². The molecule has 0 spiro atoms. The van der Waals surface area contributed by atoms with Gasteiger partial charge in [-0.05, 0) is 19.1 Å². The second-order valence-electron chi connectivity index (χ2n) is 4.04. The predicted octanol–water partition coefficient (Wildman–Crippen LogP) is 0.633. The highest BCUT2D eigenvalue weighted by molar-refractivity contribution is 8.00. The summed E-state index contributed by atoms with van der Waals surface area (Å²) in [6.45, 7) is 1.68. The second kappa shape index (κ2) is 5.83. The number of aromatic nitrogens is 3. The molecule has 1 amide bonds. The van der Waals surface area contributed by atoms with Gasteiger partial charge in [-0.25, -0.2) is 4.68 Å². The van der Waals surface area contributed by atoms with Crippen LogP contribution in [0.15, 0.2) is 29.4 Å². The average Bonchev–Trinajstić information content (AvgIpc) is 2.80. The number of benzene rings is 1. The first-order chi connectivity index (χ1) is 9.54. The van der Waals surface area contributed by atoms with Gasteiger partial charge in [-0.15, -0.1) is 10.2 Å². The normalized spacial score (nSPS) is 12.1. The van der Waals surface area contributed by atoms with Crippen LogP contribution in [0.1, 0.15) is 6.92 Å². The molecule has 0 aliphatic heterocycles. The SMILES string of the molecule is COc1ccccc1-c1nnc(SC(C)C(N)=O)n1N. The molecule has 4 N–H and O–H groups in total. The Balaban J connectivity index is 2.36. The first-order valence-electron chi connectivity index (χ1n) is 5.84. The summed E-state index contributed by atoms with van der Waals surface area (Å²) >= 11 is 1.16. The molecule has 0 saturated heterocycles. The van der Waals surface area contributed by atoms with Crippen molar-refractivity contribution in [2.24, 2.45) is 5.73 Å². The average molecular weight is 293 g/mol. The molecule has 1 heterocycles. The Morgan fingerprint density at radius 3 is 2.75 bits per heavy atom. The summed E-state index contributed by atoms with van der Waals surface area (Å²) in [7, 11) is 1.57. The third-order valence-corrected chi connectivity index (χ3v) is 3.77. The fourth-order valence-electron chi connectivity index (χ4n) is 1.59. The molecule has 20 heavy (non-hydrogen) atoms. The Hall–Kier alpha value is -2.22. The van der Waals surface area contributed by atoms with Crippen LogP contribution in [0.5, 0.6) is 5.75 Å². The van der Waals surface area contributed by atoms with Crippen LogP contribution in [0.2, 0.25) is 0 Å². The van der Waals surface area contributed by atoms with Crippen molar-refractivity contribution in [2.75, 3.05) is 13.0 Å². The minimum Gasteiger partial charge on any atom is -0.496 e. The topological polar surface area (TPSA) is 109 Å². The van der Waals surface area contributed by atoms with Crippen LogP contribution in [0, 0.1) is 0 Å². The molecule has 1 unspecified atom stereocenters. The highest BCUT2D eigenvalue weighted by Crippen LogP contribution is 2.30. The van der Waals surface area contributed by atoms with Crippen molar-refractivity contribution in [3.8, 4) is 17.1 Å². The Labute approximate surface area is 120 Å². The van der Waals surface area contributed by atoms with Gasteiger partial charge in [0.2, 0.25) is 11.1 Å². The number of nitrogens with zero attached hydrogens (tertiary/aromatic N) is 3. The molecule has 0 saturated carbocycles. The minimum atomic E-state index is -0.438. The van der Waals surface area contributed by atoms with Crippen LogP contribution in [0.3, 0.4) is 0 Å². The van der Waals surface area contributed by atoms with E-state index in [4.69, 9.17) is 16.3 Å².